The zero-order chi connectivity index (χ0) is 9.47. The molecular weight excluding hydrogens is 245 g/mol. The van der Waals surface area contributed by atoms with E-state index in [-0.39, 0.29) is 5.66 Å². The van der Waals surface area contributed by atoms with Crippen LogP contribution in [0.2, 0.25) is 0 Å². The minimum absolute atomic E-state index is 0.165. The van der Waals surface area contributed by atoms with Crippen LogP contribution >= 0.6 is 39.7 Å². The molecule has 0 aromatic rings. The predicted octanol–water partition coefficient (Wildman–Crippen LogP) is 4.36. The highest BCUT2D eigenvalue weighted by Crippen LogP contribution is 2.68. The van der Waals surface area contributed by atoms with Crippen molar-refractivity contribution in [2.24, 2.45) is 5.92 Å². The van der Waals surface area contributed by atoms with Crippen molar-refractivity contribution in [2.45, 2.75) is 5.66 Å². The molecule has 0 aromatic carbocycles. The number of rotatable bonds is 0. The van der Waals surface area contributed by atoms with Crippen LogP contribution in [0.25, 0.3) is 0 Å². The Morgan fingerprint density at radius 2 is 1.77 bits per heavy atom. The molecule has 1 aliphatic heterocycles. The van der Waals surface area contributed by atoms with E-state index < -0.39 is 5.59 Å². The Morgan fingerprint density at radius 1 is 1.08 bits per heavy atom. The second-order valence-corrected chi connectivity index (χ2v) is 9.66. The number of hydrogen-bond donors (Lipinski definition) is 0. The van der Waals surface area contributed by atoms with E-state index in [4.69, 9.17) is 34.1 Å². The van der Waals surface area contributed by atoms with E-state index in [0.717, 1.165) is 0 Å². The molecule has 0 radical (unpaired) electrons. The number of fused-ring (bicyclic) bond motifs is 1. The van der Waals surface area contributed by atoms with Gasteiger partial charge in [-0.1, -0.05) is 64.5 Å². The summed E-state index contributed by atoms with van der Waals surface area (Å²) in [6.45, 7) is 0. The van der Waals surface area contributed by atoms with E-state index in [1.54, 1.807) is 0 Å². The molecule has 2 atom stereocenters. The van der Waals surface area contributed by atoms with Crippen LogP contribution in [0, 0.1) is 5.92 Å². The van der Waals surface area contributed by atoms with Gasteiger partial charge in [0.25, 0.3) is 0 Å². The van der Waals surface area contributed by atoms with Crippen LogP contribution in [0.1, 0.15) is 0 Å². The van der Waals surface area contributed by atoms with Gasteiger partial charge in [0.05, 0.1) is 10.3 Å². The van der Waals surface area contributed by atoms with Crippen molar-refractivity contribution in [3.05, 3.63) is 36.5 Å². The Hall–Kier alpha value is 0.390. The fraction of sp³-hybridized carbons (Fsp3) is 0.222. The molecule has 0 nitrogen and oxygen atoms in total. The Bertz CT molecular complexity index is 359. The van der Waals surface area contributed by atoms with Gasteiger partial charge in [-0.25, -0.2) is 0 Å². The number of halogens is 3. The average molecular weight is 253 g/mol. The summed E-state index contributed by atoms with van der Waals surface area (Å²) in [7, 11) is 0. The summed E-state index contributed by atoms with van der Waals surface area (Å²) in [4.78, 5) is 0. The summed E-state index contributed by atoms with van der Waals surface area (Å²) in [5.74, 6) is 0.316. The molecule has 0 saturated carbocycles. The quantitative estimate of drug-likeness (QED) is 0.563. The highest BCUT2D eigenvalue weighted by Gasteiger charge is 2.33. The summed E-state index contributed by atoms with van der Waals surface area (Å²) in [6.07, 6.45) is 12.0. The lowest BCUT2D eigenvalue weighted by atomic mass is 10.00. The molecule has 0 spiro atoms. The van der Waals surface area contributed by atoms with Crippen LogP contribution in [-0.4, -0.2) is 10.4 Å². The summed E-state index contributed by atoms with van der Waals surface area (Å²) < 4.78 is 0.608. The third-order valence-electron chi connectivity index (χ3n) is 2.26. The zero-order valence-electron chi connectivity index (χ0n) is 6.70. The average Bonchev–Trinajstić information content (AvgIpc) is 2.13. The van der Waals surface area contributed by atoms with Gasteiger partial charge in [-0.2, -0.15) is 0 Å². The van der Waals surface area contributed by atoms with E-state index in [0.29, 0.717) is 10.7 Å². The van der Waals surface area contributed by atoms with E-state index in [9.17, 15) is 0 Å². The molecule has 2 rings (SSSR count). The maximum absolute atomic E-state index is 6.27. The molecule has 0 fully saturated rings. The molecule has 0 saturated heterocycles. The first-order valence-electron chi connectivity index (χ1n) is 3.96. The Kier molecular flexibility index (Phi) is 2.68. The van der Waals surface area contributed by atoms with Gasteiger partial charge < -0.3 is 0 Å². The van der Waals surface area contributed by atoms with Gasteiger partial charge in [0.15, 0.2) is 0 Å². The van der Waals surface area contributed by atoms with Gasteiger partial charge >= 0.3 is 0 Å². The second-order valence-electron chi connectivity index (χ2n) is 3.08. The summed E-state index contributed by atoms with van der Waals surface area (Å²) in [5.41, 5.74) is -1.99. The molecule has 13 heavy (non-hydrogen) atoms. The van der Waals surface area contributed by atoms with Crippen molar-refractivity contribution in [3.63, 3.8) is 0 Å². The van der Waals surface area contributed by atoms with Gasteiger partial charge in [-0.15, -0.1) is 0 Å². The zero-order valence-corrected chi connectivity index (χ0v) is 9.86. The minimum atomic E-state index is -2.16. The predicted molar refractivity (Wildman–Crippen MR) is 64.2 cm³/mol. The number of hydrogen-bond acceptors (Lipinski definition) is 0. The standard InChI is InChI=1S/C9H8Cl3P/c10-9-6-5-7-3-1-2-4-8(7)13(9,11)12/h1-8H. The van der Waals surface area contributed by atoms with Crippen LogP contribution in [0.5, 0.6) is 0 Å². The van der Waals surface area contributed by atoms with Crippen LogP contribution in [0.15, 0.2) is 36.5 Å². The van der Waals surface area contributed by atoms with E-state index >= 15 is 0 Å². The normalized spacial score (nSPS) is 34.8. The first kappa shape index (κ1) is 9.93. The minimum Gasteiger partial charge on any atom is -0.0817 e. The summed E-state index contributed by atoms with van der Waals surface area (Å²) in [6, 6.07) is 0. The van der Waals surface area contributed by atoms with Crippen molar-refractivity contribution in [3.8, 4) is 0 Å². The summed E-state index contributed by atoms with van der Waals surface area (Å²) >= 11 is 18.5. The lowest BCUT2D eigenvalue weighted by Crippen LogP contribution is -2.18. The Labute approximate surface area is 92.4 Å². The molecule has 0 aromatic heterocycles. The molecule has 70 valence electrons. The first-order chi connectivity index (χ1) is 6.12. The van der Waals surface area contributed by atoms with Gasteiger partial charge in [-0.05, 0) is 6.08 Å². The van der Waals surface area contributed by atoms with Crippen molar-refractivity contribution in [1.82, 2.24) is 0 Å². The molecule has 0 amide bonds. The van der Waals surface area contributed by atoms with Gasteiger partial charge in [0.2, 0.25) is 0 Å². The van der Waals surface area contributed by atoms with Crippen LogP contribution in [0.4, 0.5) is 0 Å². The lowest BCUT2D eigenvalue weighted by molar-refractivity contribution is 0.834. The van der Waals surface area contributed by atoms with Crippen molar-refractivity contribution in [2.75, 3.05) is 0 Å². The highest BCUT2D eigenvalue weighted by atomic mass is 35.9. The molecule has 1 aliphatic carbocycles. The maximum atomic E-state index is 6.27. The highest BCUT2D eigenvalue weighted by molar-refractivity contribution is 8.18. The SMILES string of the molecule is ClC1=P(Cl)(Cl)C2C=CC=CC2C=C1. The van der Waals surface area contributed by atoms with Gasteiger partial charge in [0, 0.05) is 11.6 Å². The third-order valence-corrected chi connectivity index (χ3v) is 8.14. The molecule has 1 heterocycles. The fourth-order valence-electron chi connectivity index (χ4n) is 1.55. The molecule has 0 N–H and O–H groups in total. The molecule has 2 unspecified atom stereocenters. The Balaban J connectivity index is 2.49. The third kappa shape index (κ3) is 1.66. The lowest BCUT2D eigenvalue weighted by Gasteiger charge is -2.30. The van der Waals surface area contributed by atoms with Crippen LogP contribution in [0.3, 0.4) is 0 Å². The van der Waals surface area contributed by atoms with Crippen LogP contribution < -0.4 is 0 Å². The largest absolute Gasteiger partial charge is 0.0867 e. The number of allylic oxidation sites excluding steroid dienone is 6. The fourth-order valence-corrected chi connectivity index (χ4v) is 4.98. The first-order valence-corrected chi connectivity index (χ1v) is 8.01. The van der Waals surface area contributed by atoms with Crippen molar-refractivity contribution < 1.29 is 0 Å². The van der Waals surface area contributed by atoms with Crippen LogP contribution in [-0.2, 0) is 0 Å². The van der Waals surface area contributed by atoms with Gasteiger partial charge in [-0.3, -0.25) is 0 Å². The van der Waals surface area contributed by atoms with Crippen molar-refractivity contribution >= 4 is 44.4 Å². The van der Waals surface area contributed by atoms with E-state index in [2.05, 4.69) is 12.2 Å². The molecule has 0 bridgehead atoms. The van der Waals surface area contributed by atoms with E-state index in [1.807, 2.05) is 24.3 Å². The van der Waals surface area contributed by atoms with E-state index in [1.165, 1.54) is 0 Å². The molecule has 2 aliphatic rings. The Morgan fingerprint density at radius 3 is 2.54 bits per heavy atom. The second kappa shape index (κ2) is 3.51. The summed E-state index contributed by atoms with van der Waals surface area (Å²) in [5, 5.41) is 0. The topological polar surface area (TPSA) is 0 Å². The molecular formula is C9H8Cl3P. The molecule has 4 heteroatoms. The smallest absolute Gasteiger partial charge is 0.0817 e. The van der Waals surface area contributed by atoms with Gasteiger partial charge in [0.1, 0.15) is 0 Å². The monoisotopic (exact) mass is 252 g/mol. The maximum Gasteiger partial charge on any atom is 0.0867 e. The van der Waals surface area contributed by atoms with Crippen molar-refractivity contribution in [1.29, 1.82) is 0 Å².